The molecule has 4 nitrogen and oxygen atoms in total. The first-order valence-corrected chi connectivity index (χ1v) is 4.78. The highest BCUT2D eigenvalue weighted by atomic mass is 31.1. The van der Waals surface area contributed by atoms with E-state index in [0.717, 1.165) is 0 Å². The van der Waals surface area contributed by atoms with E-state index in [-0.39, 0.29) is 0 Å². The normalized spacial score (nSPS) is 43.2. The second-order valence-electron chi connectivity index (χ2n) is 2.80. The van der Waals surface area contributed by atoms with Gasteiger partial charge in [0.1, 0.15) is 0 Å². The lowest BCUT2D eigenvalue weighted by Crippen LogP contribution is -2.28. The molecular weight excluding hydrogens is 186 g/mol. The second-order valence-corrected chi connectivity index (χ2v) is 3.49. The first-order chi connectivity index (χ1) is 5.52. The van der Waals surface area contributed by atoms with Crippen molar-refractivity contribution in [3.05, 3.63) is 0 Å². The van der Waals surface area contributed by atoms with Crippen LogP contribution in [0.5, 0.6) is 0 Å². The lowest BCUT2D eigenvalue weighted by atomic mass is 10.1. The van der Waals surface area contributed by atoms with Gasteiger partial charge in [-0.25, -0.2) is 4.39 Å². The van der Waals surface area contributed by atoms with Crippen LogP contribution >= 0.6 is 8.25 Å². The van der Waals surface area contributed by atoms with Crippen molar-refractivity contribution in [2.75, 3.05) is 0 Å². The molecule has 1 rings (SSSR count). The molecule has 0 radical (unpaired) electrons. The molecule has 0 aromatic carbocycles. The predicted octanol–water partition coefficient (Wildman–Crippen LogP) is 1.17. The number of ether oxygens (including phenoxy) is 1. The van der Waals surface area contributed by atoms with E-state index in [1.807, 2.05) is 0 Å². The SMILES string of the molecule is C[C@@H]1O[C@H](C)[C@@H](O[P+](=O)O)[C@H]1F. The first kappa shape index (κ1) is 9.99. The van der Waals surface area contributed by atoms with Crippen molar-refractivity contribution in [1.29, 1.82) is 0 Å². The highest BCUT2D eigenvalue weighted by Crippen LogP contribution is 2.32. The van der Waals surface area contributed by atoms with E-state index in [4.69, 9.17) is 9.63 Å². The number of hydrogen-bond donors (Lipinski definition) is 1. The van der Waals surface area contributed by atoms with Crippen LogP contribution in [0.1, 0.15) is 13.8 Å². The Morgan fingerprint density at radius 1 is 1.50 bits per heavy atom. The van der Waals surface area contributed by atoms with E-state index in [2.05, 4.69) is 4.52 Å². The lowest BCUT2D eigenvalue weighted by molar-refractivity contribution is 0.0343. The quantitative estimate of drug-likeness (QED) is 0.675. The maximum atomic E-state index is 13.1. The van der Waals surface area contributed by atoms with Crippen LogP contribution in [-0.4, -0.2) is 29.4 Å². The minimum absolute atomic E-state index is 0.471. The molecule has 1 heterocycles. The largest absolute Gasteiger partial charge is 0.695 e. The van der Waals surface area contributed by atoms with Crippen molar-refractivity contribution >= 4 is 8.25 Å². The molecule has 1 aliphatic rings. The van der Waals surface area contributed by atoms with Gasteiger partial charge in [-0.2, -0.15) is 0 Å². The Hall–Kier alpha value is -0.0900. The molecule has 0 bridgehead atoms. The fourth-order valence-electron chi connectivity index (χ4n) is 1.27. The Morgan fingerprint density at radius 3 is 2.42 bits per heavy atom. The van der Waals surface area contributed by atoms with Crippen molar-refractivity contribution in [2.45, 2.75) is 38.3 Å². The van der Waals surface area contributed by atoms with E-state index in [1.54, 1.807) is 13.8 Å². The molecule has 0 aliphatic carbocycles. The summed E-state index contributed by atoms with van der Waals surface area (Å²) in [7, 11) is -2.75. The first-order valence-electron chi connectivity index (χ1n) is 3.65. The molecular formula is C6H11FO4P+. The van der Waals surface area contributed by atoms with Gasteiger partial charge in [-0.15, -0.1) is 9.42 Å². The predicted molar refractivity (Wildman–Crippen MR) is 39.6 cm³/mol. The van der Waals surface area contributed by atoms with E-state index >= 15 is 0 Å². The minimum Gasteiger partial charge on any atom is -0.369 e. The van der Waals surface area contributed by atoms with Crippen LogP contribution in [0.25, 0.3) is 0 Å². The zero-order valence-electron chi connectivity index (χ0n) is 6.81. The van der Waals surface area contributed by atoms with Crippen molar-refractivity contribution < 1.29 is 23.1 Å². The summed E-state index contributed by atoms with van der Waals surface area (Å²) in [5, 5.41) is 0. The zero-order chi connectivity index (χ0) is 9.30. The zero-order valence-corrected chi connectivity index (χ0v) is 7.70. The van der Waals surface area contributed by atoms with Gasteiger partial charge in [-0.05, 0) is 13.8 Å². The monoisotopic (exact) mass is 197 g/mol. The van der Waals surface area contributed by atoms with Gasteiger partial charge in [-0.1, -0.05) is 0 Å². The molecule has 0 saturated carbocycles. The van der Waals surface area contributed by atoms with Gasteiger partial charge in [-0.3, -0.25) is 0 Å². The van der Waals surface area contributed by atoms with Crippen LogP contribution < -0.4 is 0 Å². The summed E-state index contributed by atoms with van der Waals surface area (Å²) in [4.78, 5) is 8.40. The van der Waals surface area contributed by atoms with Gasteiger partial charge in [0.2, 0.25) is 0 Å². The Kier molecular flexibility index (Phi) is 3.12. The molecule has 0 aromatic heterocycles. The van der Waals surface area contributed by atoms with Gasteiger partial charge in [0.25, 0.3) is 0 Å². The molecule has 70 valence electrons. The summed E-state index contributed by atoms with van der Waals surface area (Å²) in [5.41, 5.74) is 0. The third-order valence-corrected chi connectivity index (χ3v) is 2.29. The Morgan fingerprint density at radius 2 is 2.08 bits per heavy atom. The number of halogens is 1. The van der Waals surface area contributed by atoms with Crippen LogP contribution in [0.3, 0.4) is 0 Å². The summed E-state index contributed by atoms with van der Waals surface area (Å²) in [6.45, 7) is 3.18. The van der Waals surface area contributed by atoms with E-state index in [9.17, 15) is 8.96 Å². The standard InChI is InChI=1S/C6H10FO4P/c1-3-5(7)6(4(2)10-3)11-12(8)9/h3-6H,1-2H3/p+1/t3-,4+,5-,6+/m0/s1. The van der Waals surface area contributed by atoms with Gasteiger partial charge < -0.3 is 4.74 Å². The highest BCUT2D eigenvalue weighted by Gasteiger charge is 2.46. The van der Waals surface area contributed by atoms with Crippen molar-refractivity contribution in [3.8, 4) is 0 Å². The maximum Gasteiger partial charge on any atom is 0.695 e. The molecule has 6 heteroatoms. The summed E-state index contributed by atoms with van der Waals surface area (Å²) in [6, 6.07) is 0. The Balaban J connectivity index is 2.57. The van der Waals surface area contributed by atoms with Crippen LogP contribution in [0.2, 0.25) is 0 Å². The molecule has 1 N–H and O–H groups in total. The summed E-state index contributed by atoms with van der Waals surface area (Å²) in [5.74, 6) is 0. The van der Waals surface area contributed by atoms with E-state index in [0.29, 0.717) is 0 Å². The average molecular weight is 197 g/mol. The Bertz CT molecular complexity index is 188. The van der Waals surface area contributed by atoms with E-state index < -0.39 is 32.7 Å². The molecule has 0 aromatic rings. The third kappa shape index (κ3) is 1.98. The van der Waals surface area contributed by atoms with Gasteiger partial charge in [0.15, 0.2) is 12.3 Å². The molecule has 1 fully saturated rings. The molecule has 5 atom stereocenters. The van der Waals surface area contributed by atoms with Crippen LogP contribution in [0, 0.1) is 0 Å². The Labute approximate surface area is 70.6 Å². The summed E-state index contributed by atoms with van der Waals surface area (Å²) < 4.78 is 32.9. The fourth-order valence-corrected chi connectivity index (χ4v) is 1.76. The molecule has 1 unspecified atom stereocenters. The van der Waals surface area contributed by atoms with E-state index in [1.165, 1.54) is 0 Å². The maximum absolute atomic E-state index is 13.1. The molecule has 0 amide bonds. The van der Waals surface area contributed by atoms with Crippen LogP contribution in [0.4, 0.5) is 4.39 Å². The fraction of sp³-hybridized carbons (Fsp3) is 1.00. The third-order valence-electron chi connectivity index (χ3n) is 1.87. The van der Waals surface area contributed by atoms with Gasteiger partial charge >= 0.3 is 8.25 Å². The van der Waals surface area contributed by atoms with Gasteiger partial charge in [0, 0.05) is 4.57 Å². The average Bonchev–Trinajstić information content (AvgIpc) is 2.16. The molecule has 12 heavy (non-hydrogen) atoms. The molecule has 1 aliphatic heterocycles. The molecule has 1 saturated heterocycles. The van der Waals surface area contributed by atoms with Crippen LogP contribution in [0.15, 0.2) is 0 Å². The number of alkyl halides is 1. The minimum atomic E-state index is -2.75. The van der Waals surface area contributed by atoms with Crippen molar-refractivity contribution in [3.63, 3.8) is 0 Å². The van der Waals surface area contributed by atoms with Crippen molar-refractivity contribution in [2.24, 2.45) is 0 Å². The topological polar surface area (TPSA) is 55.8 Å². The molecule has 0 spiro atoms. The number of rotatable bonds is 2. The van der Waals surface area contributed by atoms with Crippen molar-refractivity contribution in [1.82, 2.24) is 0 Å². The summed E-state index contributed by atoms with van der Waals surface area (Å²) in [6.07, 6.45) is -3.29. The van der Waals surface area contributed by atoms with Crippen LogP contribution in [-0.2, 0) is 13.8 Å². The smallest absolute Gasteiger partial charge is 0.369 e. The number of hydrogen-bond acceptors (Lipinski definition) is 3. The summed E-state index contributed by atoms with van der Waals surface area (Å²) >= 11 is 0. The van der Waals surface area contributed by atoms with Gasteiger partial charge in [0.05, 0.1) is 12.2 Å². The lowest BCUT2D eigenvalue weighted by Gasteiger charge is -2.06. The second kappa shape index (κ2) is 3.75. The highest BCUT2D eigenvalue weighted by molar-refractivity contribution is 7.32.